The van der Waals surface area contributed by atoms with Crippen molar-refractivity contribution in [3.05, 3.63) is 75.8 Å². The number of aromatic nitrogens is 1. The van der Waals surface area contributed by atoms with Crippen molar-refractivity contribution in [2.75, 3.05) is 67.0 Å². The topological polar surface area (TPSA) is 110 Å². The van der Waals surface area contributed by atoms with Gasteiger partial charge in [0.1, 0.15) is 19.8 Å². The first-order valence-corrected chi connectivity index (χ1v) is 15.5. The number of hydrogen-bond acceptors (Lipinski definition) is 8. The van der Waals surface area contributed by atoms with Crippen molar-refractivity contribution in [1.29, 1.82) is 0 Å². The van der Waals surface area contributed by atoms with Crippen LogP contribution in [-0.2, 0) is 28.5 Å². The molecular formula is C36H44BN3O7. The summed E-state index contributed by atoms with van der Waals surface area (Å²) in [4.78, 5) is 29.5. The molecule has 2 aromatic rings. The van der Waals surface area contributed by atoms with Gasteiger partial charge in [-0.3, -0.25) is 14.6 Å². The first-order valence-electron chi connectivity index (χ1n) is 15.5. The fourth-order valence-corrected chi connectivity index (χ4v) is 5.01. The predicted molar refractivity (Wildman–Crippen MR) is 184 cm³/mol. The van der Waals surface area contributed by atoms with E-state index in [0.29, 0.717) is 32.0 Å². The zero-order valence-corrected chi connectivity index (χ0v) is 28.5. The molecule has 10 nitrogen and oxygen atoms in total. The molecule has 1 aliphatic rings. The zero-order chi connectivity index (χ0) is 34.2. The second kappa shape index (κ2) is 19.3. The Bertz CT molecular complexity index is 1590. The number of esters is 1. The van der Waals surface area contributed by atoms with E-state index in [-0.39, 0.29) is 32.3 Å². The van der Waals surface area contributed by atoms with Crippen LogP contribution in [0.5, 0.6) is 0 Å². The van der Waals surface area contributed by atoms with Crippen LogP contribution in [0.4, 0.5) is 0 Å². The maximum atomic E-state index is 12.8. The van der Waals surface area contributed by atoms with Gasteiger partial charge in [-0.15, -0.1) is 11.6 Å². The van der Waals surface area contributed by atoms with Crippen molar-refractivity contribution in [1.82, 2.24) is 9.79 Å². The molecule has 11 heteroatoms. The second-order valence-corrected chi connectivity index (χ2v) is 10.7. The highest BCUT2D eigenvalue weighted by Gasteiger charge is 2.27. The van der Waals surface area contributed by atoms with Crippen molar-refractivity contribution >= 4 is 30.0 Å². The number of nitrogens with zero attached hydrogens (tertiary/aromatic N) is 2. The van der Waals surface area contributed by atoms with Crippen molar-refractivity contribution in [3.8, 4) is 23.5 Å². The summed E-state index contributed by atoms with van der Waals surface area (Å²) in [5.74, 6) is 12.0. The molecule has 0 aliphatic carbocycles. The van der Waals surface area contributed by atoms with E-state index in [1.807, 2.05) is 39.0 Å². The lowest BCUT2D eigenvalue weighted by Crippen LogP contribution is -2.30. The largest absolute Gasteiger partial charge is 0.465 e. The number of carbonyl (C=O) groups is 2. The fraction of sp³-hybridized carbons (Fsp3) is 0.417. The summed E-state index contributed by atoms with van der Waals surface area (Å²) < 4.78 is 28.4. The van der Waals surface area contributed by atoms with Crippen LogP contribution in [0.3, 0.4) is 0 Å². The molecule has 0 bridgehead atoms. The molecule has 3 rings (SSSR count). The molecule has 1 aromatic carbocycles. The van der Waals surface area contributed by atoms with Crippen LogP contribution in [0.1, 0.15) is 53.6 Å². The average molecular weight is 642 g/mol. The summed E-state index contributed by atoms with van der Waals surface area (Å²) in [6.07, 6.45) is 2.05. The first-order chi connectivity index (χ1) is 22.7. The monoisotopic (exact) mass is 641 g/mol. The molecule has 248 valence electrons. The van der Waals surface area contributed by atoms with Gasteiger partial charge in [-0.2, -0.15) is 0 Å². The Morgan fingerprint density at radius 3 is 2.02 bits per heavy atom. The van der Waals surface area contributed by atoms with E-state index in [0.717, 1.165) is 45.1 Å². The Morgan fingerprint density at radius 1 is 0.894 bits per heavy atom. The van der Waals surface area contributed by atoms with E-state index in [9.17, 15) is 9.59 Å². The number of allylic oxidation sites excluding steroid dienone is 2. The lowest BCUT2D eigenvalue weighted by atomic mass is 9.63. The average Bonchev–Trinajstić information content (AvgIpc) is 3.54. The number of rotatable bonds is 15. The number of nitrogens with one attached hydrogen (secondary N) is 1. The number of benzene rings is 1. The minimum Gasteiger partial charge on any atom is -0.465 e. The van der Waals surface area contributed by atoms with Crippen molar-refractivity contribution in [2.24, 2.45) is 4.99 Å². The molecule has 1 aromatic heterocycles. The van der Waals surface area contributed by atoms with Crippen LogP contribution in [0.25, 0.3) is 5.57 Å². The number of ether oxygens (including phenoxy) is 5. The first kappa shape index (κ1) is 37.1. The Balaban J connectivity index is 2.09. The van der Waals surface area contributed by atoms with Crippen molar-refractivity contribution in [2.45, 2.75) is 34.6 Å². The number of hydrogen-bond donors (Lipinski definition) is 1. The highest BCUT2D eigenvalue weighted by molar-refractivity contribution is 6.74. The van der Waals surface area contributed by atoms with Crippen LogP contribution in [0.2, 0.25) is 0 Å². The molecule has 0 fully saturated rings. The Labute approximate surface area is 278 Å². The van der Waals surface area contributed by atoms with Crippen LogP contribution in [0, 0.1) is 37.3 Å². The van der Waals surface area contributed by atoms with Crippen LogP contribution >= 0.6 is 0 Å². The molecule has 1 amide bonds. The summed E-state index contributed by atoms with van der Waals surface area (Å²) in [5, 5.41) is 2.61. The molecular weight excluding hydrogens is 597 g/mol. The van der Waals surface area contributed by atoms with Crippen LogP contribution in [-0.4, -0.2) is 95.9 Å². The number of carbonyl (C=O) groups excluding carboxylic acids is 2. The number of amides is 1. The van der Waals surface area contributed by atoms with Gasteiger partial charge in [-0.05, 0) is 75.6 Å². The van der Waals surface area contributed by atoms with Gasteiger partial charge < -0.3 is 33.5 Å². The van der Waals surface area contributed by atoms with E-state index in [1.54, 1.807) is 33.3 Å². The van der Waals surface area contributed by atoms with Crippen LogP contribution < -0.4 is 5.32 Å². The molecule has 0 unspecified atom stereocenters. The molecule has 47 heavy (non-hydrogen) atoms. The molecule has 2 heterocycles. The van der Waals surface area contributed by atoms with E-state index in [2.05, 4.69) is 46.3 Å². The summed E-state index contributed by atoms with van der Waals surface area (Å²) in [6, 6.07) is 9.37. The Hall–Kier alpha value is -4.39. The van der Waals surface area contributed by atoms with Crippen LogP contribution in [0.15, 0.2) is 52.7 Å². The Kier molecular flexibility index (Phi) is 15.2. The molecule has 0 saturated carbocycles. The third-order valence-electron chi connectivity index (χ3n) is 7.06. The van der Waals surface area contributed by atoms with Gasteiger partial charge in [0.15, 0.2) is 0 Å². The van der Waals surface area contributed by atoms with Gasteiger partial charge in [0, 0.05) is 42.5 Å². The molecule has 1 aliphatic heterocycles. The normalized spacial score (nSPS) is 13.1. The SMILES string of the molecule is CCOC(=O)CNC(=O)c1ccc(/C(=C2/N=C(C)C=C2C)c2c(C)cc(C)n2B(C#CCOCCOC)C#CCOCCOC)cc1. The second-order valence-electron chi connectivity index (χ2n) is 10.7. The predicted octanol–water partition coefficient (Wildman–Crippen LogP) is 3.83. The summed E-state index contributed by atoms with van der Waals surface area (Å²) in [7, 11) is 3.25. The van der Waals surface area contributed by atoms with E-state index in [1.165, 1.54) is 0 Å². The molecule has 0 atom stereocenters. The third-order valence-corrected chi connectivity index (χ3v) is 7.06. The molecule has 0 radical (unpaired) electrons. The van der Waals surface area contributed by atoms with Gasteiger partial charge in [-0.1, -0.05) is 24.0 Å². The smallest absolute Gasteiger partial charge is 0.433 e. The van der Waals surface area contributed by atoms with Crippen molar-refractivity contribution < 1.29 is 33.3 Å². The summed E-state index contributed by atoms with van der Waals surface area (Å²) >= 11 is 0. The minimum absolute atomic E-state index is 0.202. The lowest BCUT2D eigenvalue weighted by Gasteiger charge is -2.19. The Morgan fingerprint density at radius 2 is 1.49 bits per heavy atom. The highest BCUT2D eigenvalue weighted by Crippen LogP contribution is 2.37. The lowest BCUT2D eigenvalue weighted by molar-refractivity contribution is -0.141. The van der Waals surface area contributed by atoms with E-state index in [4.69, 9.17) is 28.7 Å². The van der Waals surface area contributed by atoms with Gasteiger partial charge in [0.2, 0.25) is 0 Å². The zero-order valence-electron chi connectivity index (χ0n) is 28.5. The van der Waals surface area contributed by atoms with Gasteiger partial charge in [-0.25, -0.2) is 0 Å². The third kappa shape index (κ3) is 10.8. The quantitative estimate of drug-likeness (QED) is 0.136. The van der Waals surface area contributed by atoms with E-state index < -0.39 is 12.8 Å². The minimum atomic E-state index is -0.518. The number of aryl methyl sites for hydroxylation is 2. The highest BCUT2D eigenvalue weighted by atomic mass is 16.5. The molecule has 1 N–H and O–H groups in total. The van der Waals surface area contributed by atoms with Gasteiger partial charge in [0.05, 0.1) is 38.7 Å². The van der Waals surface area contributed by atoms with Gasteiger partial charge in [0.25, 0.3) is 5.91 Å². The maximum Gasteiger partial charge on any atom is 0.433 e. The van der Waals surface area contributed by atoms with Crippen molar-refractivity contribution in [3.63, 3.8) is 0 Å². The number of aliphatic imine (C=N–C) groups is 1. The summed E-state index contributed by atoms with van der Waals surface area (Å²) in [5.41, 5.74) is 7.82. The van der Waals surface area contributed by atoms with Gasteiger partial charge >= 0.3 is 12.8 Å². The summed E-state index contributed by atoms with van der Waals surface area (Å²) in [6.45, 7) is 11.7. The number of methoxy groups -OCH3 is 2. The molecule has 0 spiro atoms. The maximum absolute atomic E-state index is 12.8. The molecule has 0 saturated heterocycles. The standard InChI is InChI=1S/C36H44BN3O7/c1-8-47-32(41)25-38-36(42)31-13-11-30(12-14-31)33(34-26(2)23-28(4)39-34)35-27(3)24-29(5)40(35)37(15-9-17-45-21-19-43-6)16-10-18-46-22-20-44-7/h11-14,23-24H,8,17-22,25H2,1-7H3,(H,38,42)/b34-33-. The fourth-order valence-electron chi connectivity index (χ4n) is 5.01. The van der Waals surface area contributed by atoms with E-state index >= 15 is 0 Å².